The van der Waals surface area contributed by atoms with Gasteiger partial charge in [0.15, 0.2) is 5.96 Å². The zero-order chi connectivity index (χ0) is 18.1. The Bertz CT molecular complexity index is 582. The van der Waals surface area contributed by atoms with Crippen LogP contribution in [0.15, 0.2) is 29.3 Å². The molecular weight excluding hydrogens is 449 g/mol. The molecule has 9 heteroatoms. The average Bonchev–Trinajstić information content (AvgIpc) is 3.07. The molecule has 0 radical (unpaired) electrons. The second-order valence-corrected chi connectivity index (χ2v) is 6.02. The van der Waals surface area contributed by atoms with Crippen LogP contribution in [0.25, 0.3) is 0 Å². The molecule has 26 heavy (non-hydrogen) atoms. The van der Waals surface area contributed by atoms with E-state index in [0.29, 0.717) is 19.0 Å². The fraction of sp³-hybridized carbons (Fsp3) is 0.588. The Morgan fingerprint density at radius 3 is 2.77 bits per heavy atom. The van der Waals surface area contributed by atoms with Gasteiger partial charge in [0.05, 0.1) is 18.1 Å². The number of likely N-dealkylation sites (tertiary alicyclic amines) is 1. The number of hydrogen-bond acceptors (Lipinski definition) is 5. The number of nitrogens with zero attached hydrogens (tertiary/aromatic N) is 3. The number of nitrogens with one attached hydrogen (secondary N) is 2. The minimum Gasteiger partial charge on any atom is -0.384 e. The van der Waals surface area contributed by atoms with Crippen molar-refractivity contribution >= 4 is 41.3 Å². The van der Waals surface area contributed by atoms with Crippen LogP contribution in [0, 0.1) is 16.0 Å². The third kappa shape index (κ3) is 6.94. The number of anilines is 1. The first-order valence-corrected chi connectivity index (χ1v) is 8.64. The number of guanidine groups is 1. The average molecular weight is 477 g/mol. The molecule has 0 bridgehead atoms. The lowest BCUT2D eigenvalue weighted by Gasteiger charge is -2.21. The van der Waals surface area contributed by atoms with Gasteiger partial charge in [-0.2, -0.15) is 0 Å². The maximum atomic E-state index is 10.6. The summed E-state index contributed by atoms with van der Waals surface area (Å²) in [5.41, 5.74) is 0.949. The molecule has 8 nitrogen and oxygen atoms in total. The molecule has 1 atom stereocenters. The lowest BCUT2D eigenvalue weighted by atomic mass is 10.1. The Hall–Kier alpha value is -1.62. The van der Waals surface area contributed by atoms with Crippen LogP contribution < -0.4 is 10.6 Å². The van der Waals surface area contributed by atoms with Crippen molar-refractivity contribution in [3.63, 3.8) is 0 Å². The summed E-state index contributed by atoms with van der Waals surface area (Å²) >= 11 is 0. The van der Waals surface area contributed by atoms with E-state index in [0.717, 1.165) is 44.3 Å². The molecular formula is C17H28IN5O3. The lowest BCUT2D eigenvalue weighted by molar-refractivity contribution is -0.384. The molecule has 0 amide bonds. The number of non-ortho nitro benzene ring substituents is 1. The predicted molar refractivity (Wildman–Crippen MR) is 115 cm³/mol. The molecule has 1 fully saturated rings. The summed E-state index contributed by atoms with van der Waals surface area (Å²) in [4.78, 5) is 17.2. The Morgan fingerprint density at radius 1 is 1.42 bits per heavy atom. The van der Waals surface area contributed by atoms with Crippen molar-refractivity contribution in [2.75, 3.05) is 51.8 Å². The highest BCUT2D eigenvalue weighted by atomic mass is 127. The molecule has 0 aliphatic carbocycles. The summed E-state index contributed by atoms with van der Waals surface area (Å²) in [6.45, 7) is 6.95. The van der Waals surface area contributed by atoms with Gasteiger partial charge in [-0.3, -0.25) is 15.1 Å². The molecule has 146 valence electrons. The number of nitro groups is 1. The maximum absolute atomic E-state index is 10.6. The third-order valence-corrected chi connectivity index (χ3v) is 4.10. The molecule has 2 N–H and O–H groups in total. The third-order valence-electron chi connectivity index (χ3n) is 4.10. The normalized spacial score (nSPS) is 16.9. The van der Waals surface area contributed by atoms with Crippen molar-refractivity contribution in [1.82, 2.24) is 10.2 Å². The van der Waals surface area contributed by atoms with E-state index in [4.69, 9.17) is 4.74 Å². The van der Waals surface area contributed by atoms with E-state index >= 15 is 0 Å². The highest BCUT2D eigenvalue weighted by Crippen LogP contribution is 2.17. The van der Waals surface area contributed by atoms with Crippen LogP contribution in [0.1, 0.15) is 13.3 Å². The summed E-state index contributed by atoms with van der Waals surface area (Å²) < 4.78 is 5.25. The van der Waals surface area contributed by atoms with Crippen molar-refractivity contribution in [2.24, 2.45) is 10.9 Å². The lowest BCUT2D eigenvalue weighted by Crippen LogP contribution is -2.40. The summed E-state index contributed by atoms with van der Waals surface area (Å²) in [5.74, 6) is 1.50. The smallest absolute Gasteiger partial charge is 0.269 e. The largest absolute Gasteiger partial charge is 0.384 e. The Labute approximate surface area is 171 Å². The van der Waals surface area contributed by atoms with Gasteiger partial charge >= 0.3 is 0 Å². The number of hydrogen-bond donors (Lipinski definition) is 2. The Kier molecular flexibility index (Phi) is 10.3. The summed E-state index contributed by atoms with van der Waals surface area (Å²) in [6.07, 6.45) is 1.12. The molecule has 2 rings (SSSR count). The van der Waals surface area contributed by atoms with E-state index in [-0.39, 0.29) is 29.7 Å². The summed E-state index contributed by atoms with van der Waals surface area (Å²) in [6, 6.07) is 6.41. The second-order valence-electron chi connectivity index (χ2n) is 6.02. The first-order chi connectivity index (χ1) is 12.1. The fourth-order valence-corrected chi connectivity index (χ4v) is 2.89. The van der Waals surface area contributed by atoms with Gasteiger partial charge in [-0.05, 0) is 25.5 Å². The highest BCUT2D eigenvalue weighted by Gasteiger charge is 2.24. The van der Waals surface area contributed by atoms with Crippen LogP contribution in [0.2, 0.25) is 0 Å². The van der Waals surface area contributed by atoms with Gasteiger partial charge in [0.2, 0.25) is 0 Å². The molecule has 1 aromatic rings. The zero-order valence-corrected chi connectivity index (χ0v) is 17.6. The summed E-state index contributed by atoms with van der Waals surface area (Å²) in [5, 5.41) is 17.2. The second kappa shape index (κ2) is 11.9. The van der Waals surface area contributed by atoms with Crippen LogP contribution >= 0.6 is 24.0 Å². The number of halogens is 1. The number of ether oxygens (including phenoxy) is 1. The highest BCUT2D eigenvalue weighted by molar-refractivity contribution is 14.0. The van der Waals surface area contributed by atoms with Gasteiger partial charge in [0, 0.05) is 57.0 Å². The molecule has 1 aliphatic rings. The van der Waals surface area contributed by atoms with Gasteiger partial charge in [-0.25, -0.2) is 0 Å². The molecule has 1 aliphatic heterocycles. The topological polar surface area (TPSA) is 92.0 Å². The van der Waals surface area contributed by atoms with Crippen LogP contribution in [-0.4, -0.2) is 62.2 Å². The number of rotatable bonds is 8. The van der Waals surface area contributed by atoms with E-state index in [1.165, 1.54) is 12.1 Å². The monoisotopic (exact) mass is 477 g/mol. The van der Waals surface area contributed by atoms with E-state index in [2.05, 4.69) is 27.4 Å². The van der Waals surface area contributed by atoms with Crippen LogP contribution in [-0.2, 0) is 4.74 Å². The minimum absolute atomic E-state index is 0. The van der Waals surface area contributed by atoms with E-state index in [1.807, 2.05) is 0 Å². The first kappa shape index (κ1) is 22.4. The van der Waals surface area contributed by atoms with Crippen molar-refractivity contribution in [3.05, 3.63) is 34.4 Å². The minimum atomic E-state index is -0.399. The molecule has 1 aromatic carbocycles. The van der Waals surface area contributed by atoms with E-state index in [1.54, 1.807) is 19.2 Å². The zero-order valence-electron chi connectivity index (χ0n) is 15.3. The number of nitro benzene ring substituents is 1. The van der Waals surface area contributed by atoms with Gasteiger partial charge in [-0.1, -0.05) is 0 Å². The number of methoxy groups -OCH3 is 1. The fourth-order valence-electron chi connectivity index (χ4n) is 2.89. The quantitative estimate of drug-likeness (QED) is 0.149. The maximum Gasteiger partial charge on any atom is 0.269 e. The Morgan fingerprint density at radius 2 is 2.15 bits per heavy atom. The predicted octanol–water partition coefficient (Wildman–Crippen LogP) is 2.56. The molecule has 1 heterocycles. The van der Waals surface area contributed by atoms with Gasteiger partial charge in [0.25, 0.3) is 5.69 Å². The van der Waals surface area contributed by atoms with Crippen molar-refractivity contribution < 1.29 is 9.66 Å². The van der Waals surface area contributed by atoms with Gasteiger partial charge in [0.1, 0.15) is 0 Å². The van der Waals surface area contributed by atoms with Crippen LogP contribution in [0.4, 0.5) is 11.4 Å². The molecule has 0 aromatic heterocycles. The molecule has 0 saturated carbocycles. The van der Waals surface area contributed by atoms with Crippen LogP contribution in [0.3, 0.4) is 0 Å². The van der Waals surface area contributed by atoms with Crippen molar-refractivity contribution in [3.8, 4) is 0 Å². The van der Waals surface area contributed by atoms with Gasteiger partial charge in [-0.15, -0.1) is 24.0 Å². The number of aliphatic imine (C=N–C) groups is 1. The standard InChI is InChI=1S/C17H27N5O3.HI/c1-3-18-17(21-11-8-14(12-21)13-25-2)20-10-9-19-15-4-6-16(7-5-15)22(23)24;/h4-7,14,19H,3,8-13H2,1-2H3,(H,18,20);1H. The molecule has 1 unspecified atom stereocenters. The first-order valence-electron chi connectivity index (χ1n) is 8.64. The molecule has 1 saturated heterocycles. The van der Waals surface area contributed by atoms with Gasteiger partial charge < -0.3 is 20.3 Å². The molecule has 0 spiro atoms. The van der Waals surface area contributed by atoms with E-state index in [9.17, 15) is 10.1 Å². The number of benzene rings is 1. The Balaban J connectivity index is 0.00000338. The van der Waals surface area contributed by atoms with Crippen molar-refractivity contribution in [2.45, 2.75) is 13.3 Å². The van der Waals surface area contributed by atoms with Crippen molar-refractivity contribution in [1.29, 1.82) is 0 Å². The van der Waals surface area contributed by atoms with Crippen LogP contribution in [0.5, 0.6) is 0 Å². The van der Waals surface area contributed by atoms with E-state index < -0.39 is 4.92 Å². The summed E-state index contributed by atoms with van der Waals surface area (Å²) in [7, 11) is 1.74. The SMILES string of the molecule is CCNC(=NCCNc1ccc([N+](=O)[O-])cc1)N1CCC(COC)C1.I.